The van der Waals surface area contributed by atoms with Gasteiger partial charge in [0.25, 0.3) is 0 Å². The zero-order valence-corrected chi connectivity index (χ0v) is 7.96. The van der Waals surface area contributed by atoms with Crippen molar-refractivity contribution in [3.05, 3.63) is 36.8 Å². The van der Waals surface area contributed by atoms with Gasteiger partial charge in [0.05, 0.1) is 0 Å². The monoisotopic (exact) mass is 172 g/mol. The molecule has 67 valence electrons. The van der Waals surface area contributed by atoms with Crippen LogP contribution in [0.3, 0.4) is 0 Å². The highest BCUT2D eigenvalue weighted by atomic mass is 15.1. The van der Waals surface area contributed by atoms with Crippen LogP contribution in [-0.4, -0.2) is 13.6 Å². The van der Waals surface area contributed by atoms with E-state index in [0.29, 0.717) is 0 Å². The number of nitrogens with zero attached hydrogens (tertiary/aromatic N) is 1. The Morgan fingerprint density at radius 1 is 1.31 bits per heavy atom. The van der Waals surface area contributed by atoms with Crippen LogP contribution in [-0.2, 0) is 0 Å². The van der Waals surface area contributed by atoms with Gasteiger partial charge in [-0.3, -0.25) is 0 Å². The minimum absolute atomic E-state index is 0.747. The van der Waals surface area contributed by atoms with Gasteiger partial charge in [0, 0.05) is 25.7 Å². The largest absolute Gasteiger partial charge is 0.375 e. The summed E-state index contributed by atoms with van der Waals surface area (Å²) in [4.78, 5) is 2.19. The predicted octanol–water partition coefficient (Wildman–Crippen LogP) is 2.49. The van der Waals surface area contributed by atoms with Crippen molar-refractivity contribution in [3.63, 3.8) is 0 Å². The predicted molar refractivity (Wildman–Crippen MR) is 56.1 cm³/mol. The summed E-state index contributed by atoms with van der Waals surface area (Å²) in [6.45, 7) is 0.982. The molecule has 0 aliphatic heterocycles. The molecule has 0 saturated heterocycles. The fourth-order valence-corrected chi connectivity index (χ4v) is 1.22. The third-order valence-electron chi connectivity index (χ3n) is 1.99. The second-order valence-electron chi connectivity index (χ2n) is 3.04. The van der Waals surface area contributed by atoms with Crippen molar-refractivity contribution in [2.24, 2.45) is 0 Å². The highest BCUT2D eigenvalue weighted by Gasteiger charge is 1.97. The molecule has 0 N–H and O–H groups in total. The van der Waals surface area contributed by atoms with E-state index in [2.05, 4.69) is 30.0 Å². The average Bonchev–Trinajstić information content (AvgIpc) is 2.19. The summed E-state index contributed by atoms with van der Waals surface area (Å²) >= 11 is 0. The van der Waals surface area contributed by atoms with Crippen LogP contribution in [0.5, 0.6) is 0 Å². The van der Waals surface area contributed by atoms with Gasteiger partial charge < -0.3 is 4.90 Å². The SMILES string of the molecule is [C]#CCCCN(C)c1ccccc1. The maximum absolute atomic E-state index is 6.78. The standard InChI is InChI=1S/C12H14N/c1-3-4-8-11-13(2)12-9-6-5-7-10-12/h5-7,9-10H,4,8,11H2,2H3. The zero-order chi connectivity index (χ0) is 9.52. The minimum Gasteiger partial charge on any atom is -0.375 e. The van der Waals surface area contributed by atoms with E-state index in [0.717, 1.165) is 19.4 Å². The van der Waals surface area contributed by atoms with Gasteiger partial charge in [0.15, 0.2) is 0 Å². The van der Waals surface area contributed by atoms with E-state index in [1.165, 1.54) is 5.69 Å². The molecule has 0 aliphatic carbocycles. The molecule has 0 atom stereocenters. The van der Waals surface area contributed by atoms with Crippen LogP contribution in [0.15, 0.2) is 30.3 Å². The smallest absolute Gasteiger partial charge is 0.0363 e. The second kappa shape index (κ2) is 5.27. The Hall–Kier alpha value is -1.42. The van der Waals surface area contributed by atoms with Crippen molar-refractivity contribution in [2.45, 2.75) is 12.8 Å². The van der Waals surface area contributed by atoms with E-state index >= 15 is 0 Å². The first-order valence-corrected chi connectivity index (χ1v) is 4.50. The second-order valence-corrected chi connectivity index (χ2v) is 3.04. The molecule has 0 aliphatic rings. The molecule has 0 unspecified atom stereocenters. The number of anilines is 1. The number of para-hydroxylation sites is 1. The summed E-state index contributed by atoms with van der Waals surface area (Å²) < 4.78 is 0. The lowest BCUT2D eigenvalue weighted by Crippen LogP contribution is -2.17. The highest BCUT2D eigenvalue weighted by molar-refractivity contribution is 5.44. The first kappa shape index (κ1) is 9.67. The molecule has 0 heterocycles. The molecule has 1 heteroatoms. The van der Waals surface area contributed by atoms with Gasteiger partial charge in [-0.05, 0) is 25.0 Å². The molecule has 0 fully saturated rings. The first-order valence-electron chi connectivity index (χ1n) is 4.50. The van der Waals surface area contributed by atoms with Crippen molar-refractivity contribution in [1.29, 1.82) is 0 Å². The molecule has 1 nitrogen and oxygen atoms in total. The van der Waals surface area contributed by atoms with Crippen molar-refractivity contribution in [2.75, 3.05) is 18.5 Å². The van der Waals surface area contributed by atoms with Gasteiger partial charge >= 0.3 is 0 Å². The van der Waals surface area contributed by atoms with Crippen molar-refractivity contribution < 1.29 is 0 Å². The van der Waals surface area contributed by atoms with Crippen molar-refractivity contribution in [1.82, 2.24) is 0 Å². The average molecular weight is 172 g/mol. The zero-order valence-electron chi connectivity index (χ0n) is 7.96. The molecule has 0 bridgehead atoms. The summed E-state index contributed by atoms with van der Waals surface area (Å²) in [7, 11) is 2.07. The number of benzene rings is 1. The van der Waals surface area contributed by atoms with Crippen LogP contribution in [0.4, 0.5) is 5.69 Å². The number of rotatable bonds is 4. The molecular weight excluding hydrogens is 158 g/mol. The molecular formula is C12H14N. The Morgan fingerprint density at radius 3 is 2.62 bits per heavy atom. The van der Waals surface area contributed by atoms with Crippen LogP contribution >= 0.6 is 0 Å². The Balaban J connectivity index is 2.41. The van der Waals surface area contributed by atoms with Crippen LogP contribution < -0.4 is 4.90 Å². The summed E-state index contributed by atoms with van der Waals surface area (Å²) in [5.74, 6) is 2.40. The van der Waals surface area contributed by atoms with E-state index in [1.54, 1.807) is 0 Å². The molecule has 1 aromatic rings. The Kier molecular flexibility index (Phi) is 3.92. The van der Waals surface area contributed by atoms with Gasteiger partial charge in [0.2, 0.25) is 0 Å². The topological polar surface area (TPSA) is 3.24 Å². The first-order chi connectivity index (χ1) is 6.34. The van der Waals surface area contributed by atoms with Gasteiger partial charge in [0.1, 0.15) is 0 Å². The summed E-state index contributed by atoms with van der Waals surface area (Å²) in [5, 5.41) is 0. The number of hydrogen-bond acceptors (Lipinski definition) is 1. The summed E-state index contributed by atoms with van der Waals surface area (Å²) in [6.07, 6.45) is 8.53. The molecule has 0 spiro atoms. The molecule has 1 rings (SSSR count). The molecule has 1 radical (unpaired) electrons. The minimum atomic E-state index is 0.747. The Labute approximate surface area is 80.4 Å². The van der Waals surface area contributed by atoms with E-state index < -0.39 is 0 Å². The van der Waals surface area contributed by atoms with Crippen molar-refractivity contribution in [3.8, 4) is 5.92 Å². The fraction of sp³-hybridized carbons (Fsp3) is 0.333. The van der Waals surface area contributed by atoms with E-state index in [4.69, 9.17) is 6.42 Å². The van der Waals surface area contributed by atoms with Crippen LogP contribution in [0.1, 0.15) is 12.8 Å². The quantitative estimate of drug-likeness (QED) is 0.498. The fourth-order valence-electron chi connectivity index (χ4n) is 1.22. The van der Waals surface area contributed by atoms with E-state index in [9.17, 15) is 0 Å². The molecule has 13 heavy (non-hydrogen) atoms. The highest BCUT2D eigenvalue weighted by Crippen LogP contribution is 2.11. The molecule has 0 aromatic heterocycles. The Bertz CT molecular complexity index is 271. The third-order valence-corrected chi connectivity index (χ3v) is 1.99. The van der Waals surface area contributed by atoms with E-state index in [1.807, 2.05) is 18.2 Å². The summed E-state index contributed by atoms with van der Waals surface area (Å²) in [5.41, 5.74) is 1.23. The van der Waals surface area contributed by atoms with Crippen LogP contribution in [0.2, 0.25) is 0 Å². The number of hydrogen-bond donors (Lipinski definition) is 0. The maximum Gasteiger partial charge on any atom is 0.0363 e. The molecule has 1 aromatic carbocycles. The summed E-state index contributed by atoms with van der Waals surface area (Å²) in [6, 6.07) is 10.3. The van der Waals surface area contributed by atoms with Crippen LogP contribution in [0.25, 0.3) is 0 Å². The lowest BCUT2D eigenvalue weighted by molar-refractivity contribution is 0.811. The third kappa shape index (κ3) is 3.21. The van der Waals surface area contributed by atoms with Gasteiger partial charge in [-0.15, -0.1) is 0 Å². The molecule has 0 saturated carbocycles. The van der Waals surface area contributed by atoms with Gasteiger partial charge in [-0.2, -0.15) is 0 Å². The maximum atomic E-state index is 6.78. The van der Waals surface area contributed by atoms with Gasteiger partial charge in [-0.25, -0.2) is 0 Å². The molecule has 0 amide bonds. The van der Waals surface area contributed by atoms with Crippen LogP contribution in [0, 0.1) is 12.3 Å². The lowest BCUT2D eigenvalue weighted by atomic mass is 10.2. The normalized spacial score (nSPS) is 9.23. The lowest BCUT2D eigenvalue weighted by Gasteiger charge is -2.18. The van der Waals surface area contributed by atoms with Gasteiger partial charge in [-0.1, -0.05) is 24.1 Å². The van der Waals surface area contributed by atoms with Crippen molar-refractivity contribution >= 4 is 5.69 Å². The number of unbranched alkanes of at least 4 members (excludes halogenated alkanes) is 1. The van der Waals surface area contributed by atoms with E-state index in [-0.39, 0.29) is 0 Å². The Morgan fingerprint density at radius 2 is 2.00 bits per heavy atom.